The summed E-state index contributed by atoms with van der Waals surface area (Å²) in [5.41, 5.74) is 3.08. The van der Waals surface area contributed by atoms with E-state index < -0.39 is 0 Å². The number of hydrogen-bond acceptors (Lipinski definition) is 2. The van der Waals surface area contributed by atoms with E-state index in [2.05, 4.69) is 5.32 Å². The number of ether oxygens (including phenoxy) is 1. The maximum absolute atomic E-state index is 11.9. The average molecular weight is 269 g/mol. The van der Waals surface area contributed by atoms with Crippen molar-refractivity contribution in [1.82, 2.24) is 0 Å². The Bertz CT molecular complexity index is 593. The number of carbonyl (C=O) groups excluding carboxylic acids is 1. The molecule has 2 aromatic carbocycles. The zero-order chi connectivity index (χ0) is 14.4. The number of amides is 1. The van der Waals surface area contributed by atoms with Crippen LogP contribution in [0, 0.1) is 6.92 Å². The molecule has 0 unspecified atom stereocenters. The molecule has 0 aromatic heterocycles. The van der Waals surface area contributed by atoms with Crippen LogP contribution in [0.15, 0.2) is 48.5 Å². The van der Waals surface area contributed by atoms with Crippen molar-refractivity contribution in [3.63, 3.8) is 0 Å². The molecule has 0 saturated carbocycles. The molecule has 1 amide bonds. The molecule has 0 saturated heterocycles. The van der Waals surface area contributed by atoms with Crippen molar-refractivity contribution in [2.24, 2.45) is 0 Å². The fourth-order valence-corrected chi connectivity index (χ4v) is 2.03. The molecule has 0 aliphatic heterocycles. The van der Waals surface area contributed by atoms with E-state index >= 15 is 0 Å². The van der Waals surface area contributed by atoms with Crippen LogP contribution in [0.2, 0.25) is 0 Å². The van der Waals surface area contributed by atoms with Crippen molar-refractivity contribution in [3.05, 3.63) is 59.7 Å². The molecular formula is C17H19NO2. The van der Waals surface area contributed by atoms with Gasteiger partial charge in [-0.1, -0.05) is 24.3 Å². The van der Waals surface area contributed by atoms with Crippen molar-refractivity contribution in [3.8, 4) is 5.75 Å². The minimum Gasteiger partial charge on any atom is -0.497 e. The first-order valence-corrected chi connectivity index (χ1v) is 6.67. The summed E-state index contributed by atoms with van der Waals surface area (Å²) in [6.45, 7) is 2.01. The second-order valence-electron chi connectivity index (χ2n) is 4.77. The number of hydrogen-bond donors (Lipinski definition) is 1. The Balaban J connectivity index is 1.88. The molecule has 0 fully saturated rings. The van der Waals surface area contributed by atoms with Gasteiger partial charge >= 0.3 is 0 Å². The summed E-state index contributed by atoms with van der Waals surface area (Å²) in [5, 5.41) is 2.91. The topological polar surface area (TPSA) is 38.3 Å². The van der Waals surface area contributed by atoms with Crippen molar-refractivity contribution < 1.29 is 9.53 Å². The van der Waals surface area contributed by atoms with Crippen LogP contribution in [0.5, 0.6) is 5.75 Å². The van der Waals surface area contributed by atoms with E-state index in [0.29, 0.717) is 12.8 Å². The SMILES string of the molecule is COc1cccc(CCC(=O)Nc2cccc(C)c2)c1. The van der Waals surface area contributed by atoms with Gasteiger partial charge in [0.1, 0.15) is 5.75 Å². The third-order valence-electron chi connectivity index (χ3n) is 3.08. The molecule has 0 aliphatic rings. The molecule has 0 atom stereocenters. The van der Waals surface area contributed by atoms with Gasteiger partial charge in [-0.15, -0.1) is 0 Å². The third-order valence-corrected chi connectivity index (χ3v) is 3.08. The van der Waals surface area contributed by atoms with Crippen LogP contribution >= 0.6 is 0 Å². The van der Waals surface area contributed by atoms with E-state index in [1.54, 1.807) is 7.11 Å². The van der Waals surface area contributed by atoms with Crippen molar-refractivity contribution in [1.29, 1.82) is 0 Å². The summed E-state index contributed by atoms with van der Waals surface area (Å²) in [5.74, 6) is 0.847. The molecule has 3 heteroatoms. The molecule has 1 N–H and O–H groups in total. The number of benzene rings is 2. The van der Waals surface area contributed by atoms with Gasteiger partial charge < -0.3 is 10.1 Å². The summed E-state index contributed by atoms with van der Waals surface area (Å²) in [4.78, 5) is 11.9. The molecular weight excluding hydrogens is 250 g/mol. The first-order chi connectivity index (χ1) is 9.67. The van der Waals surface area contributed by atoms with Gasteiger partial charge in [0, 0.05) is 12.1 Å². The molecule has 0 aliphatic carbocycles. The van der Waals surface area contributed by atoms with Crippen LogP contribution in [0.3, 0.4) is 0 Å². The second-order valence-corrected chi connectivity index (χ2v) is 4.77. The largest absolute Gasteiger partial charge is 0.497 e. The molecule has 3 nitrogen and oxygen atoms in total. The van der Waals surface area contributed by atoms with Gasteiger partial charge in [-0.2, -0.15) is 0 Å². The van der Waals surface area contributed by atoms with Crippen LogP contribution in [-0.4, -0.2) is 13.0 Å². The first kappa shape index (κ1) is 14.1. The number of methoxy groups -OCH3 is 1. The van der Waals surface area contributed by atoms with Gasteiger partial charge in [-0.25, -0.2) is 0 Å². The van der Waals surface area contributed by atoms with Gasteiger partial charge in [-0.05, 0) is 48.7 Å². The van der Waals surface area contributed by atoms with Crippen LogP contribution in [0.4, 0.5) is 5.69 Å². The van der Waals surface area contributed by atoms with Gasteiger partial charge in [0.15, 0.2) is 0 Å². The van der Waals surface area contributed by atoms with Crippen molar-refractivity contribution >= 4 is 11.6 Å². The Labute approximate surface area is 119 Å². The normalized spacial score (nSPS) is 10.1. The molecule has 2 aromatic rings. The van der Waals surface area contributed by atoms with Crippen LogP contribution in [0.25, 0.3) is 0 Å². The number of anilines is 1. The zero-order valence-corrected chi connectivity index (χ0v) is 11.8. The highest BCUT2D eigenvalue weighted by molar-refractivity contribution is 5.90. The van der Waals surface area contributed by atoms with Crippen LogP contribution in [-0.2, 0) is 11.2 Å². The Morgan fingerprint density at radius 1 is 1.15 bits per heavy atom. The third kappa shape index (κ3) is 4.12. The lowest BCUT2D eigenvalue weighted by molar-refractivity contribution is -0.116. The molecule has 0 spiro atoms. The minimum atomic E-state index is 0.0263. The van der Waals surface area contributed by atoms with Crippen LogP contribution in [0.1, 0.15) is 17.5 Å². The number of rotatable bonds is 5. The fourth-order valence-electron chi connectivity index (χ4n) is 2.03. The average Bonchev–Trinajstić information content (AvgIpc) is 2.45. The fraction of sp³-hybridized carbons (Fsp3) is 0.235. The van der Waals surface area contributed by atoms with Gasteiger partial charge in [0.2, 0.25) is 5.91 Å². The number of aryl methyl sites for hydroxylation is 2. The Kier molecular flexibility index (Phi) is 4.77. The lowest BCUT2D eigenvalue weighted by atomic mass is 10.1. The molecule has 2 rings (SSSR count). The van der Waals surface area contributed by atoms with Gasteiger partial charge in [0.25, 0.3) is 0 Å². The molecule has 0 bridgehead atoms. The van der Waals surface area contributed by atoms with Crippen molar-refractivity contribution in [2.45, 2.75) is 19.8 Å². The Morgan fingerprint density at radius 2 is 1.95 bits per heavy atom. The van der Waals surface area contributed by atoms with E-state index in [-0.39, 0.29) is 5.91 Å². The lowest BCUT2D eigenvalue weighted by Gasteiger charge is -2.07. The first-order valence-electron chi connectivity index (χ1n) is 6.67. The maximum atomic E-state index is 11.9. The van der Waals surface area contributed by atoms with Gasteiger partial charge in [-0.3, -0.25) is 4.79 Å². The second kappa shape index (κ2) is 6.75. The number of carbonyl (C=O) groups is 1. The summed E-state index contributed by atoms with van der Waals surface area (Å²) >= 11 is 0. The molecule has 104 valence electrons. The Morgan fingerprint density at radius 3 is 2.70 bits per heavy atom. The predicted molar refractivity (Wildman–Crippen MR) is 81.1 cm³/mol. The summed E-state index contributed by atoms with van der Waals surface area (Å²) < 4.78 is 5.17. The van der Waals surface area contributed by atoms with E-state index in [1.807, 2.05) is 55.5 Å². The van der Waals surface area contributed by atoms with E-state index in [1.165, 1.54) is 0 Å². The highest BCUT2D eigenvalue weighted by Gasteiger charge is 2.04. The van der Waals surface area contributed by atoms with E-state index in [9.17, 15) is 4.79 Å². The standard InChI is InChI=1S/C17H19NO2/c1-13-5-3-7-15(11-13)18-17(19)10-9-14-6-4-8-16(12-14)20-2/h3-8,11-12H,9-10H2,1-2H3,(H,18,19). The number of nitrogens with one attached hydrogen (secondary N) is 1. The molecule has 0 radical (unpaired) electrons. The highest BCUT2D eigenvalue weighted by atomic mass is 16.5. The zero-order valence-electron chi connectivity index (χ0n) is 11.8. The summed E-state index contributed by atoms with van der Waals surface area (Å²) in [7, 11) is 1.64. The van der Waals surface area contributed by atoms with Crippen LogP contribution < -0.4 is 10.1 Å². The van der Waals surface area contributed by atoms with E-state index in [4.69, 9.17) is 4.74 Å². The highest BCUT2D eigenvalue weighted by Crippen LogP contribution is 2.15. The molecule has 20 heavy (non-hydrogen) atoms. The lowest BCUT2D eigenvalue weighted by Crippen LogP contribution is -2.12. The Hall–Kier alpha value is -2.29. The summed E-state index contributed by atoms with van der Waals surface area (Å²) in [6.07, 6.45) is 1.16. The summed E-state index contributed by atoms with van der Waals surface area (Å²) in [6, 6.07) is 15.6. The monoisotopic (exact) mass is 269 g/mol. The minimum absolute atomic E-state index is 0.0263. The quantitative estimate of drug-likeness (QED) is 0.901. The van der Waals surface area contributed by atoms with E-state index in [0.717, 1.165) is 22.6 Å². The van der Waals surface area contributed by atoms with Gasteiger partial charge in [0.05, 0.1) is 7.11 Å². The predicted octanol–water partition coefficient (Wildman–Crippen LogP) is 3.57. The maximum Gasteiger partial charge on any atom is 0.224 e. The molecule has 0 heterocycles. The van der Waals surface area contributed by atoms with Crippen molar-refractivity contribution in [2.75, 3.05) is 12.4 Å². The smallest absolute Gasteiger partial charge is 0.224 e.